The third-order valence-electron chi connectivity index (χ3n) is 4.92. The standard InChI is InChI=1S/C21H23N5O3/c1-28-17-7-5-15(6-8-17)14-23-20(27)21-24-19(25-29-21)16-9-10-22-18(13-16)26-11-3-2-4-12-26/h5-10,13H,2-4,11-12,14H2,1H3,(H,23,27). The van der Waals surface area contributed by atoms with Crippen molar-refractivity contribution in [1.29, 1.82) is 0 Å². The van der Waals surface area contributed by atoms with E-state index in [9.17, 15) is 4.79 Å². The molecule has 4 rings (SSSR count). The van der Waals surface area contributed by atoms with Crippen LogP contribution in [0.4, 0.5) is 5.82 Å². The fraction of sp³-hybridized carbons (Fsp3) is 0.333. The lowest BCUT2D eigenvalue weighted by atomic mass is 10.1. The van der Waals surface area contributed by atoms with Crippen LogP contribution in [0.2, 0.25) is 0 Å². The summed E-state index contributed by atoms with van der Waals surface area (Å²) < 4.78 is 10.3. The third kappa shape index (κ3) is 4.53. The third-order valence-corrected chi connectivity index (χ3v) is 4.92. The number of aromatic nitrogens is 3. The number of benzene rings is 1. The van der Waals surface area contributed by atoms with Gasteiger partial charge in [-0.1, -0.05) is 17.3 Å². The molecular weight excluding hydrogens is 370 g/mol. The number of piperidine rings is 1. The second-order valence-electron chi connectivity index (χ2n) is 6.90. The van der Waals surface area contributed by atoms with Crippen LogP contribution in [0, 0.1) is 0 Å². The van der Waals surface area contributed by atoms with E-state index in [-0.39, 0.29) is 5.89 Å². The maximum Gasteiger partial charge on any atom is 0.316 e. The molecule has 1 amide bonds. The summed E-state index contributed by atoms with van der Waals surface area (Å²) in [4.78, 5) is 23.3. The largest absolute Gasteiger partial charge is 0.497 e. The lowest BCUT2D eigenvalue weighted by Gasteiger charge is -2.27. The average Bonchev–Trinajstić information content (AvgIpc) is 3.29. The zero-order valence-electron chi connectivity index (χ0n) is 16.3. The molecule has 0 radical (unpaired) electrons. The van der Waals surface area contributed by atoms with Crippen molar-refractivity contribution in [1.82, 2.24) is 20.4 Å². The molecule has 1 fully saturated rings. The van der Waals surface area contributed by atoms with Crippen LogP contribution >= 0.6 is 0 Å². The van der Waals surface area contributed by atoms with E-state index < -0.39 is 5.91 Å². The molecule has 1 aliphatic heterocycles. The first kappa shape index (κ1) is 18.9. The van der Waals surface area contributed by atoms with Gasteiger partial charge in [-0.3, -0.25) is 4.79 Å². The van der Waals surface area contributed by atoms with Crippen molar-refractivity contribution in [3.05, 3.63) is 54.0 Å². The predicted molar refractivity (Wildman–Crippen MR) is 108 cm³/mol. The Labute approximate surface area is 168 Å². The maximum atomic E-state index is 12.3. The zero-order chi connectivity index (χ0) is 20.1. The van der Waals surface area contributed by atoms with Crippen molar-refractivity contribution in [3.63, 3.8) is 0 Å². The Hall–Kier alpha value is -3.42. The minimum Gasteiger partial charge on any atom is -0.497 e. The van der Waals surface area contributed by atoms with E-state index in [4.69, 9.17) is 9.26 Å². The Balaban J connectivity index is 1.41. The van der Waals surface area contributed by atoms with Crippen molar-refractivity contribution < 1.29 is 14.1 Å². The summed E-state index contributed by atoms with van der Waals surface area (Å²) in [7, 11) is 1.61. The van der Waals surface area contributed by atoms with Crippen LogP contribution in [-0.2, 0) is 6.54 Å². The average molecular weight is 393 g/mol. The highest BCUT2D eigenvalue weighted by Gasteiger charge is 2.18. The number of carbonyl (C=O) groups is 1. The predicted octanol–water partition coefficient (Wildman–Crippen LogP) is 3.06. The van der Waals surface area contributed by atoms with Gasteiger partial charge in [0.25, 0.3) is 0 Å². The van der Waals surface area contributed by atoms with Crippen LogP contribution in [-0.4, -0.2) is 41.2 Å². The molecular formula is C21H23N5O3. The Morgan fingerprint density at radius 2 is 1.97 bits per heavy atom. The molecule has 150 valence electrons. The molecule has 0 unspecified atom stereocenters. The van der Waals surface area contributed by atoms with E-state index in [1.807, 2.05) is 36.4 Å². The number of anilines is 1. The molecule has 0 bridgehead atoms. The van der Waals surface area contributed by atoms with Crippen molar-refractivity contribution >= 4 is 11.7 Å². The Kier molecular flexibility index (Phi) is 5.69. The summed E-state index contributed by atoms with van der Waals surface area (Å²) in [6, 6.07) is 11.2. The molecule has 8 nitrogen and oxygen atoms in total. The van der Waals surface area contributed by atoms with Gasteiger partial charge >= 0.3 is 11.8 Å². The molecule has 0 spiro atoms. The van der Waals surface area contributed by atoms with Gasteiger partial charge in [0.1, 0.15) is 11.6 Å². The number of ether oxygens (including phenoxy) is 1. The fourth-order valence-electron chi connectivity index (χ4n) is 3.29. The lowest BCUT2D eigenvalue weighted by Crippen LogP contribution is -2.30. The van der Waals surface area contributed by atoms with E-state index in [0.29, 0.717) is 12.4 Å². The maximum absolute atomic E-state index is 12.3. The topological polar surface area (TPSA) is 93.4 Å². The monoisotopic (exact) mass is 393 g/mol. The Bertz CT molecular complexity index is 964. The molecule has 8 heteroatoms. The molecule has 1 aromatic carbocycles. The van der Waals surface area contributed by atoms with Gasteiger partial charge in [0.15, 0.2) is 0 Å². The zero-order valence-corrected chi connectivity index (χ0v) is 16.3. The number of rotatable bonds is 6. The first-order valence-corrected chi connectivity index (χ1v) is 9.69. The molecule has 1 saturated heterocycles. The van der Waals surface area contributed by atoms with Gasteiger partial charge in [-0.25, -0.2) is 4.98 Å². The Morgan fingerprint density at radius 3 is 2.72 bits per heavy atom. The second kappa shape index (κ2) is 8.72. The summed E-state index contributed by atoms with van der Waals surface area (Å²) >= 11 is 0. The normalized spacial score (nSPS) is 13.9. The minimum absolute atomic E-state index is 0.0650. The fourth-order valence-corrected chi connectivity index (χ4v) is 3.29. The van der Waals surface area contributed by atoms with E-state index >= 15 is 0 Å². The van der Waals surface area contributed by atoms with Crippen LogP contribution < -0.4 is 15.0 Å². The number of hydrogen-bond acceptors (Lipinski definition) is 7. The van der Waals surface area contributed by atoms with Crippen LogP contribution in [0.25, 0.3) is 11.4 Å². The number of amides is 1. The molecule has 29 heavy (non-hydrogen) atoms. The highest BCUT2D eigenvalue weighted by Crippen LogP contribution is 2.23. The molecule has 3 heterocycles. The highest BCUT2D eigenvalue weighted by molar-refractivity contribution is 5.89. The van der Waals surface area contributed by atoms with E-state index in [2.05, 4.69) is 25.3 Å². The number of carbonyl (C=O) groups excluding carboxylic acids is 1. The van der Waals surface area contributed by atoms with E-state index in [1.54, 1.807) is 13.3 Å². The summed E-state index contributed by atoms with van der Waals surface area (Å²) in [5, 5.41) is 6.75. The number of pyridine rings is 1. The van der Waals surface area contributed by atoms with Gasteiger partial charge in [-0.15, -0.1) is 0 Å². The molecule has 2 aromatic heterocycles. The molecule has 0 saturated carbocycles. The second-order valence-corrected chi connectivity index (χ2v) is 6.90. The van der Waals surface area contributed by atoms with Gasteiger partial charge in [0.05, 0.1) is 7.11 Å². The lowest BCUT2D eigenvalue weighted by molar-refractivity contribution is 0.0907. The SMILES string of the molecule is COc1ccc(CNC(=O)c2nc(-c3ccnc(N4CCCCC4)c3)no2)cc1. The van der Waals surface area contributed by atoms with Gasteiger partial charge < -0.3 is 19.5 Å². The van der Waals surface area contributed by atoms with E-state index in [1.165, 1.54) is 19.3 Å². The minimum atomic E-state index is -0.412. The number of hydrogen-bond donors (Lipinski definition) is 1. The summed E-state index contributed by atoms with van der Waals surface area (Å²) in [6.45, 7) is 2.36. The van der Waals surface area contributed by atoms with Gasteiger partial charge in [0.2, 0.25) is 5.82 Å². The van der Waals surface area contributed by atoms with Crippen LogP contribution in [0.3, 0.4) is 0 Å². The summed E-state index contributed by atoms with van der Waals surface area (Å²) in [5.41, 5.74) is 1.72. The van der Waals surface area contributed by atoms with Crippen LogP contribution in [0.5, 0.6) is 5.75 Å². The van der Waals surface area contributed by atoms with Crippen molar-refractivity contribution in [2.24, 2.45) is 0 Å². The van der Waals surface area contributed by atoms with Gasteiger partial charge in [0, 0.05) is 31.4 Å². The molecule has 3 aromatic rings. The molecule has 0 aliphatic carbocycles. The Morgan fingerprint density at radius 1 is 1.17 bits per heavy atom. The smallest absolute Gasteiger partial charge is 0.316 e. The van der Waals surface area contributed by atoms with Crippen molar-refractivity contribution in [2.45, 2.75) is 25.8 Å². The van der Waals surface area contributed by atoms with Crippen LogP contribution in [0.1, 0.15) is 35.5 Å². The van der Waals surface area contributed by atoms with Gasteiger partial charge in [-0.2, -0.15) is 4.98 Å². The van der Waals surface area contributed by atoms with Crippen molar-refractivity contribution in [3.8, 4) is 17.1 Å². The van der Waals surface area contributed by atoms with Gasteiger partial charge in [-0.05, 0) is 49.1 Å². The summed E-state index contributed by atoms with van der Waals surface area (Å²) in [5.74, 6) is 1.57. The number of nitrogens with zero attached hydrogens (tertiary/aromatic N) is 4. The molecule has 0 atom stereocenters. The van der Waals surface area contributed by atoms with Crippen LogP contribution in [0.15, 0.2) is 47.1 Å². The van der Waals surface area contributed by atoms with E-state index in [0.717, 1.165) is 35.8 Å². The first-order valence-electron chi connectivity index (χ1n) is 9.69. The number of nitrogens with one attached hydrogen (secondary N) is 1. The van der Waals surface area contributed by atoms with Crippen molar-refractivity contribution in [2.75, 3.05) is 25.1 Å². The highest BCUT2D eigenvalue weighted by atomic mass is 16.5. The molecule has 1 N–H and O–H groups in total. The number of methoxy groups -OCH3 is 1. The summed E-state index contributed by atoms with van der Waals surface area (Å²) in [6.07, 6.45) is 5.34. The first-order chi connectivity index (χ1) is 14.2. The quantitative estimate of drug-likeness (QED) is 0.688. The molecule has 1 aliphatic rings.